The summed E-state index contributed by atoms with van der Waals surface area (Å²) in [5.41, 5.74) is 1.46. The normalized spacial score (nSPS) is 28.5. The van der Waals surface area contributed by atoms with Crippen LogP contribution in [-0.4, -0.2) is 11.1 Å². The molecule has 154 valence electrons. The highest BCUT2D eigenvalue weighted by Crippen LogP contribution is 2.42. The van der Waals surface area contributed by atoms with E-state index in [0.717, 1.165) is 23.3 Å². The molecule has 3 rings (SSSR count). The van der Waals surface area contributed by atoms with Gasteiger partial charge < -0.3 is 5.11 Å². The van der Waals surface area contributed by atoms with Crippen molar-refractivity contribution in [1.29, 1.82) is 0 Å². The number of unbranched alkanes of at least 4 members (excludes halogenated alkanes) is 2. The Morgan fingerprint density at radius 3 is 2.11 bits per heavy atom. The molecule has 1 aromatic rings. The van der Waals surface area contributed by atoms with Crippen molar-refractivity contribution in [2.24, 2.45) is 23.7 Å². The van der Waals surface area contributed by atoms with Crippen LogP contribution in [0.25, 0.3) is 6.08 Å². The van der Waals surface area contributed by atoms with Crippen molar-refractivity contribution in [3.05, 3.63) is 41.5 Å². The zero-order chi connectivity index (χ0) is 19.8. The molecule has 2 aliphatic carbocycles. The molecular weight excluding hydrogens is 344 g/mol. The predicted octanol–water partition coefficient (Wildman–Crippen LogP) is 7.59. The van der Waals surface area contributed by atoms with Crippen LogP contribution in [0.3, 0.4) is 0 Å². The molecule has 2 heteroatoms. The number of hydrogen-bond acceptors (Lipinski definition) is 1. The Hall–Kier alpha value is -1.57. The van der Waals surface area contributed by atoms with Gasteiger partial charge in [0.25, 0.3) is 0 Å². The summed E-state index contributed by atoms with van der Waals surface area (Å²) in [7, 11) is 0. The van der Waals surface area contributed by atoms with Crippen LogP contribution in [0.15, 0.2) is 30.3 Å². The van der Waals surface area contributed by atoms with Gasteiger partial charge in [-0.1, -0.05) is 69.7 Å². The lowest BCUT2D eigenvalue weighted by atomic mass is 9.68. The average Bonchev–Trinajstić information content (AvgIpc) is 2.74. The van der Waals surface area contributed by atoms with Gasteiger partial charge >= 0.3 is 5.97 Å². The second kappa shape index (κ2) is 10.8. The van der Waals surface area contributed by atoms with Crippen molar-refractivity contribution < 1.29 is 9.90 Å². The highest BCUT2D eigenvalue weighted by Gasteiger charge is 2.30. The first kappa shape index (κ1) is 21.1. The summed E-state index contributed by atoms with van der Waals surface area (Å²) in [6, 6.07) is 7.20. The minimum Gasteiger partial charge on any atom is -0.478 e. The maximum Gasteiger partial charge on any atom is 0.335 e. The second-order valence-corrected chi connectivity index (χ2v) is 9.24. The molecule has 2 nitrogen and oxygen atoms in total. The molecular formula is C26H38O2. The van der Waals surface area contributed by atoms with Crippen LogP contribution in [-0.2, 0) is 0 Å². The first-order valence-electron chi connectivity index (χ1n) is 11.7. The molecule has 2 fully saturated rings. The van der Waals surface area contributed by atoms with E-state index in [-0.39, 0.29) is 0 Å². The summed E-state index contributed by atoms with van der Waals surface area (Å²) in [6.07, 6.45) is 21.6. The third kappa shape index (κ3) is 6.22. The number of aromatic carboxylic acids is 1. The Morgan fingerprint density at radius 2 is 1.54 bits per heavy atom. The molecule has 1 aromatic carbocycles. The van der Waals surface area contributed by atoms with E-state index < -0.39 is 5.97 Å². The van der Waals surface area contributed by atoms with Crippen LogP contribution < -0.4 is 0 Å². The Morgan fingerprint density at radius 1 is 0.929 bits per heavy atom. The minimum absolute atomic E-state index is 0.359. The SMILES string of the molecule is CCCCCC1CCC(C2CCC(C=Cc3ccc(C(=O)O)cc3)CC2)CC1. The quantitative estimate of drug-likeness (QED) is 0.470. The topological polar surface area (TPSA) is 37.3 Å². The first-order valence-corrected chi connectivity index (χ1v) is 11.7. The van der Waals surface area contributed by atoms with Crippen molar-refractivity contribution in [2.75, 3.05) is 0 Å². The van der Waals surface area contributed by atoms with Crippen molar-refractivity contribution in [3.63, 3.8) is 0 Å². The Balaban J connectivity index is 1.38. The molecule has 0 aromatic heterocycles. The fourth-order valence-corrected chi connectivity index (χ4v) is 5.42. The van der Waals surface area contributed by atoms with Crippen molar-refractivity contribution in [1.82, 2.24) is 0 Å². The van der Waals surface area contributed by atoms with Crippen LogP contribution in [0.1, 0.15) is 99.9 Å². The van der Waals surface area contributed by atoms with E-state index in [4.69, 9.17) is 5.11 Å². The van der Waals surface area contributed by atoms with Crippen LogP contribution in [0.2, 0.25) is 0 Å². The Bertz CT molecular complexity index is 614. The predicted molar refractivity (Wildman–Crippen MR) is 117 cm³/mol. The van der Waals surface area contributed by atoms with Crippen LogP contribution in [0.5, 0.6) is 0 Å². The maximum absolute atomic E-state index is 10.9. The van der Waals surface area contributed by atoms with Crippen LogP contribution in [0, 0.1) is 23.7 Å². The molecule has 2 aliphatic rings. The van der Waals surface area contributed by atoms with Gasteiger partial charge in [-0.3, -0.25) is 0 Å². The molecule has 0 aliphatic heterocycles. The smallest absolute Gasteiger partial charge is 0.335 e. The van der Waals surface area contributed by atoms with E-state index in [1.54, 1.807) is 12.1 Å². The highest BCUT2D eigenvalue weighted by molar-refractivity contribution is 5.87. The lowest BCUT2D eigenvalue weighted by molar-refractivity contribution is 0.0697. The van der Waals surface area contributed by atoms with Crippen molar-refractivity contribution in [3.8, 4) is 0 Å². The van der Waals surface area contributed by atoms with Gasteiger partial charge in [0.2, 0.25) is 0 Å². The van der Waals surface area contributed by atoms with Crippen molar-refractivity contribution in [2.45, 2.75) is 84.0 Å². The largest absolute Gasteiger partial charge is 0.478 e. The summed E-state index contributed by atoms with van der Waals surface area (Å²) in [4.78, 5) is 10.9. The van der Waals surface area contributed by atoms with E-state index in [2.05, 4.69) is 19.1 Å². The third-order valence-corrected chi connectivity index (χ3v) is 7.31. The summed E-state index contributed by atoms with van der Waals surface area (Å²) in [6.45, 7) is 2.30. The molecule has 0 heterocycles. The van der Waals surface area contributed by atoms with Crippen molar-refractivity contribution >= 4 is 12.0 Å². The summed E-state index contributed by atoms with van der Waals surface area (Å²) >= 11 is 0. The lowest BCUT2D eigenvalue weighted by Gasteiger charge is -2.37. The Labute approximate surface area is 171 Å². The van der Waals surface area contributed by atoms with Gasteiger partial charge in [0.1, 0.15) is 0 Å². The van der Waals surface area contributed by atoms with E-state index in [1.165, 1.54) is 77.0 Å². The van der Waals surface area contributed by atoms with E-state index in [1.807, 2.05) is 12.1 Å². The molecule has 0 atom stereocenters. The maximum atomic E-state index is 10.9. The summed E-state index contributed by atoms with van der Waals surface area (Å²) < 4.78 is 0. The number of carbonyl (C=O) groups is 1. The van der Waals surface area contributed by atoms with Gasteiger partial charge in [-0.05, 0) is 79.9 Å². The zero-order valence-corrected chi connectivity index (χ0v) is 17.6. The average molecular weight is 383 g/mol. The highest BCUT2D eigenvalue weighted by atomic mass is 16.4. The van der Waals surface area contributed by atoms with Gasteiger partial charge in [-0.2, -0.15) is 0 Å². The van der Waals surface area contributed by atoms with Gasteiger partial charge in [0.05, 0.1) is 5.56 Å². The second-order valence-electron chi connectivity index (χ2n) is 9.24. The monoisotopic (exact) mass is 382 g/mol. The molecule has 0 unspecified atom stereocenters. The first-order chi connectivity index (χ1) is 13.7. The number of carboxylic acids is 1. The Kier molecular flexibility index (Phi) is 8.18. The van der Waals surface area contributed by atoms with Gasteiger partial charge in [-0.25, -0.2) is 4.79 Å². The van der Waals surface area contributed by atoms with Crippen LogP contribution >= 0.6 is 0 Å². The number of hydrogen-bond donors (Lipinski definition) is 1. The number of allylic oxidation sites excluding steroid dienone is 1. The molecule has 0 saturated heterocycles. The molecule has 28 heavy (non-hydrogen) atoms. The number of carboxylic acid groups (broad SMARTS) is 1. The number of benzene rings is 1. The molecule has 0 amide bonds. The summed E-state index contributed by atoms with van der Waals surface area (Å²) in [5, 5.41) is 8.99. The molecule has 0 bridgehead atoms. The fraction of sp³-hybridized carbons (Fsp3) is 0.654. The van der Waals surface area contributed by atoms with E-state index >= 15 is 0 Å². The molecule has 2 saturated carbocycles. The third-order valence-electron chi connectivity index (χ3n) is 7.31. The van der Waals surface area contributed by atoms with Gasteiger partial charge in [0, 0.05) is 0 Å². The fourth-order valence-electron chi connectivity index (χ4n) is 5.42. The molecule has 0 radical (unpaired) electrons. The van der Waals surface area contributed by atoms with E-state index in [9.17, 15) is 4.79 Å². The minimum atomic E-state index is -0.858. The molecule has 1 N–H and O–H groups in total. The lowest BCUT2D eigenvalue weighted by Crippen LogP contribution is -2.25. The number of rotatable bonds is 8. The standard InChI is InChI=1S/C26H38O2/c1-2-3-4-5-20-8-14-23(15-9-20)24-16-10-21(11-17-24)6-7-22-12-18-25(19-13-22)26(27)28/h6-7,12-13,18-21,23-24H,2-5,8-11,14-17H2,1H3,(H,27,28). The van der Waals surface area contributed by atoms with Crippen LogP contribution in [0.4, 0.5) is 0 Å². The molecule has 0 spiro atoms. The summed E-state index contributed by atoms with van der Waals surface area (Å²) in [5.74, 6) is 2.83. The zero-order valence-electron chi connectivity index (χ0n) is 17.6. The van der Waals surface area contributed by atoms with Gasteiger partial charge in [-0.15, -0.1) is 0 Å². The van der Waals surface area contributed by atoms with Gasteiger partial charge in [0.15, 0.2) is 0 Å². The van der Waals surface area contributed by atoms with E-state index in [0.29, 0.717) is 11.5 Å².